The summed E-state index contributed by atoms with van der Waals surface area (Å²) in [6.45, 7) is 0. The van der Waals surface area contributed by atoms with Crippen LogP contribution in [0.5, 0.6) is 0 Å². The van der Waals surface area contributed by atoms with Crippen LogP contribution < -0.4 is 0 Å². The fourth-order valence-electron chi connectivity index (χ4n) is 3.56. The van der Waals surface area contributed by atoms with Crippen LogP contribution in [0.15, 0.2) is 91.0 Å². The Morgan fingerprint density at radius 1 is 0.714 bits per heavy atom. The number of hydrogen-bond acceptors (Lipinski definition) is 2. The van der Waals surface area contributed by atoms with Crippen LogP contribution >= 0.6 is 0 Å². The minimum absolute atomic E-state index is 0.181. The van der Waals surface area contributed by atoms with Crippen molar-refractivity contribution in [3.63, 3.8) is 0 Å². The van der Waals surface area contributed by atoms with Crippen LogP contribution in [-0.4, -0.2) is 13.1 Å². The lowest BCUT2D eigenvalue weighted by atomic mass is 9.91. The summed E-state index contributed by atoms with van der Waals surface area (Å²) in [6.07, 6.45) is 1.06. The van der Waals surface area contributed by atoms with Gasteiger partial charge in [0.05, 0.1) is 7.11 Å². The molecule has 2 heteroatoms. The van der Waals surface area contributed by atoms with E-state index in [4.69, 9.17) is 4.74 Å². The smallest absolute Gasteiger partial charge is 0.305 e. The van der Waals surface area contributed by atoms with Crippen molar-refractivity contribution in [2.75, 3.05) is 7.11 Å². The molecule has 0 unspecified atom stereocenters. The zero-order chi connectivity index (χ0) is 19.3. The van der Waals surface area contributed by atoms with Crippen LogP contribution in [0.2, 0.25) is 0 Å². The molecule has 0 atom stereocenters. The van der Waals surface area contributed by atoms with Gasteiger partial charge in [0.15, 0.2) is 0 Å². The lowest BCUT2D eigenvalue weighted by Crippen LogP contribution is -2.02. The molecule has 0 saturated heterocycles. The van der Waals surface area contributed by atoms with Crippen molar-refractivity contribution >= 4 is 16.7 Å². The molecular formula is C26H22O2. The molecule has 0 aliphatic rings. The molecule has 0 amide bonds. The number of methoxy groups -OCH3 is 1. The van der Waals surface area contributed by atoms with Gasteiger partial charge < -0.3 is 4.74 Å². The maximum Gasteiger partial charge on any atom is 0.305 e. The first-order valence-electron chi connectivity index (χ1n) is 9.49. The second-order valence-electron chi connectivity index (χ2n) is 6.88. The van der Waals surface area contributed by atoms with Gasteiger partial charge in [-0.25, -0.2) is 0 Å². The summed E-state index contributed by atoms with van der Waals surface area (Å²) in [4.78, 5) is 11.6. The van der Waals surface area contributed by atoms with Gasteiger partial charge in [0.25, 0.3) is 0 Å². The van der Waals surface area contributed by atoms with Crippen LogP contribution in [-0.2, 0) is 16.0 Å². The van der Waals surface area contributed by atoms with Crippen LogP contribution in [0.4, 0.5) is 0 Å². The van der Waals surface area contributed by atoms with Crippen LogP contribution in [0.25, 0.3) is 33.0 Å². The average Bonchev–Trinajstić information content (AvgIpc) is 2.77. The molecule has 138 valence electrons. The Morgan fingerprint density at radius 3 is 2.25 bits per heavy atom. The van der Waals surface area contributed by atoms with E-state index in [0.29, 0.717) is 12.8 Å². The van der Waals surface area contributed by atoms with Crippen molar-refractivity contribution in [3.05, 3.63) is 96.6 Å². The van der Waals surface area contributed by atoms with Crippen molar-refractivity contribution < 1.29 is 9.53 Å². The topological polar surface area (TPSA) is 26.3 Å². The molecule has 28 heavy (non-hydrogen) atoms. The molecule has 0 saturated carbocycles. The monoisotopic (exact) mass is 366 g/mol. The molecule has 0 aliphatic carbocycles. The number of carbonyl (C=O) groups excluding carboxylic acids is 1. The van der Waals surface area contributed by atoms with E-state index < -0.39 is 0 Å². The van der Waals surface area contributed by atoms with E-state index in [1.165, 1.54) is 40.1 Å². The summed E-state index contributed by atoms with van der Waals surface area (Å²) < 4.78 is 4.79. The zero-order valence-electron chi connectivity index (χ0n) is 15.9. The maximum atomic E-state index is 11.6. The fourth-order valence-corrected chi connectivity index (χ4v) is 3.56. The molecule has 0 aromatic heterocycles. The quantitative estimate of drug-likeness (QED) is 0.389. The van der Waals surface area contributed by atoms with E-state index in [2.05, 4.69) is 84.9 Å². The third-order valence-electron chi connectivity index (χ3n) is 5.07. The minimum Gasteiger partial charge on any atom is -0.469 e. The fraction of sp³-hybridized carbons (Fsp3) is 0.115. The van der Waals surface area contributed by atoms with Gasteiger partial charge in [0.1, 0.15) is 0 Å². The Kier molecular flexibility index (Phi) is 5.20. The Balaban J connectivity index is 1.81. The van der Waals surface area contributed by atoms with Crippen molar-refractivity contribution in [3.8, 4) is 22.3 Å². The molecule has 0 heterocycles. The van der Waals surface area contributed by atoms with Crippen molar-refractivity contribution in [2.45, 2.75) is 12.8 Å². The second kappa shape index (κ2) is 8.10. The Hall–Kier alpha value is -3.39. The molecule has 2 nitrogen and oxygen atoms in total. The number of esters is 1. The minimum atomic E-state index is -0.181. The van der Waals surface area contributed by atoms with Gasteiger partial charge in [0.2, 0.25) is 0 Å². The molecular weight excluding hydrogens is 344 g/mol. The molecule has 0 N–H and O–H groups in total. The van der Waals surface area contributed by atoms with Gasteiger partial charge in [-0.3, -0.25) is 4.79 Å². The largest absolute Gasteiger partial charge is 0.469 e. The van der Waals surface area contributed by atoms with E-state index in [0.717, 1.165) is 5.56 Å². The van der Waals surface area contributed by atoms with Crippen molar-refractivity contribution in [1.82, 2.24) is 0 Å². The predicted molar refractivity (Wildman–Crippen MR) is 115 cm³/mol. The third kappa shape index (κ3) is 3.81. The second-order valence-corrected chi connectivity index (χ2v) is 6.88. The lowest BCUT2D eigenvalue weighted by Gasteiger charge is -2.13. The van der Waals surface area contributed by atoms with E-state index in [1.54, 1.807) is 0 Å². The van der Waals surface area contributed by atoms with Gasteiger partial charge >= 0.3 is 5.97 Å². The highest BCUT2D eigenvalue weighted by atomic mass is 16.5. The number of carbonyl (C=O) groups is 1. The molecule has 4 aromatic rings. The first kappa shape index (κ1) is 18.0. The van der Waals surface area contributed by atoms with Crippen LogP contribution in [0, 0.1) is 0 Å². The van der Waals surface area contributed by atoms with Gasteiger partial charge in [-0.15, -0.1) is 0 Å². The van der Waals surface area contributed by atoms with Crippen molar-refractivity contribution in [2.24, 2.45) is 0 Å². The Morgan fingerprint density at radius 2 is 1.46 bits per heavy atom. The molecule has 0 radical (unpaired) electrons. The average molecular weight is 366 g/mol. The maximum absolute atomic E-state index is 11.6. The summed E-state index contributed by atoms with van der Waals surface area (Å²) >= 11 is 0. The first-order valence-corrected chi connectivity index (χ1v) is 9.49. The normalized spacial score (nSPS) is 10.8. The lowest BCUT2D eigenvalue weighted by molar-refractivity contribution is -0.140. The highest BCUT2D eigenvalue weighted by molar-refractivity contribution is 5.91. The standard InChI is InChI=1S/C26H22O2/c1-28-26(27)16-12-19-11-15-24(21-8-3-2-4-9-21)25(17-19)23-14-13-20-7-5-6-10-22(20)18-23/h2-11,13-15,17-18H,12,16H2,1H3. The summed E-state index contributed by atoms with van der Waals surface area (Å²) in [7, 11) is 1.43. The summed E-state index contributed by atoms with van der Waals surface area (Å²) in [5.74, 6) is -0.181. The van der Waals surface area contributed by atoms with Crippen LogP contribution in [0.3, 0.4) is 0 Å². The first-order chi connectivity index (χ1) is 13.7. The number of hydrogen-bond donors (Lipinski definition) is 0. The number of benzene rings is 4. The molecule has 0 bridgehead atoms. The van der Waals surface area contributed by atoms with Crippen LogP contribution in [0.1, 0.15) is 12.0 Å². The van der Waals surface area contributed by atoms with E-state index >= 15 is 0 Å². The Bertz CT molecular complexity index is 1110. The third-order valence-corrected chi connectivity index (χ3v) is 5.07. The SMILES string of the molecule is COC(=O)CCc1ccc(-c2ccccc2)c(-c2ccc3ccccc3c2)c1. The molecule has 4 rings (SSSR count). The molecule has 0 spiro atoms. The summed E-state index contributed by atoms with van der Waals surface area (Å²) in [6, 6.07) is 31.9. The number of rotatable bonds is 5. The number of aryl methyl sites for hydroxylation is 1. The van der Waals surface area contributed by atoms with Gasteiger partial charge in [-0.1, -0.05) is 84.9 Å². The Labute approximate surface area is 165 Å². The summed E-state index contributed by atoms with van der Waals surface area (Å²) in [5.41, 5.74) is 5.87. The summed E-state index contributed by atoms with van der Waals surface area (Å²) in [5, 5.41) is 2.45. The molecule has 4 aromatic carbocycles. The molecule has 0 aliphatic heterocycles. The highest BCUT2D eigenvalue weighted by Crippen LogP contribution is 2.34. The van der Waals surface area contributed by atoms with E-state index in [9.17, 15) is 4.79 Å². The predicted octanol–water partition coefficient (Wildman–Crippen LogP) is 6.28. The van der Waals surface area contributed by atoms with Gasteiger partial charge in [-0.2, -0.15) is 0 Å². The highest BCUT2D eigenvalue weighted by Gasteiger charge is 2.11. The van der Waals surface area contributed by atoms with Crippen molar-refractivity contribution in [1.29, 1.82) is 0 Å². The number of ether oxygens (including phenoxy) is 1. The number of fused-ring (bicyclic) bond motifs is 1. The van der Waals surface area contributed by atoms with Gasteiger partial charge in [0, 0.05) is 6.42 Å². The molecule has 0 fully saturated rings. The zero-order valence-corrected chi connectivity index (χ0v) is 15.9. The van der Waals surface area contributed by atoms with E-state index in [-0.39, 0.29) is 5.97 Å². The van der Waals surface area contributed by atoms with E-state index in [1.807, 2.05) is 6.07 Å². The van der Waals surface area contributed by atoms with Gasteiger partial charge in [-0.05, 0) is 51.1 Å².